The lowest BCUT2D eigenvalue weighted by Crippen LogP contribution is -1.91. The molecule has 2 aromatic carbocycles. The quantitative estimate of drug-likeness (QED) is 0.590. The summed E-state index contributed by atoms with van der Waals surface area (Å²) in [5.41, 5.74) is 2.21. The van der Waals surface area contributed by atoms with Crippen LogP contribution >= 0.6 is 0 Å². The maximum atomic E-state index is 5.52. The van der Waals surface area contributed by atoms with Gasteiger partial charge in [0.1, 0.15) is 0 Å². The van der Waals surface area contributed by atoms with Crippen molar-refractivity contribution in [1.82, 2.24) is 0 Å². The molecular formula is C18H16O. The molecule has 0 unspecified atom stereocenters. The van der Waals surface area contributed by atoms with E-state index in [-0.39, 0.29) is 0 Å². The average Bonchev–Trinajstić information content (AvgIpc) is 2.48. The standard InChI is InChI=1S/C18H16O/c1-4-10-17(11-5-1)12-8-3-9-15-19-16-18-13-6-2-7-14-18/h1-7,9-11,13-14H,15-16H2/b9-3-. The average molecular weight is 248 g/mol. The molecule has 0 saturated heterocycles. The Bertz CT molecular complexity index is 559. The highest BCUT2D eigenvalue weighted by atomic mass is 16.5. The second kappa shape index (κ2) is 7.92. The third-order valence-electron chi connectivity index (χ3n) is 2.52. The molecule has 2 rings (SSSR count). The van der Waals surface area contributed by atoms with E-state index in [2.05, 4.69) is 24.0 Å². The smallest absolute Gasteiger partial charge is 0.0721 e. The van der Waals surface area contributed by atoms with Crippen molar-refractivity contribution in [2.75, 3.05) is 6.61 Å². The van der Waals surface area contributed by atoms with Crippen LogP contribution in [0.4, 0.5) is 0 Å². The molecule has 1 heteroatoms. The largest absolute Gasteiger partial charge is 0.373 e. The van der Waals surface area contributed by atoms with Gasteiger partial charge in [0.05, 0.1) is 13.2 Å². The van der Waals surface area contributed by atoms with Crippen LogP contribution in [0.2, 0.25) is 0 Å². The van der Waals surface area contributed by atoms with Crippen molar-refractivity contribution in [1.29, 1.82) is 0 Å². The first-order valence-corrected chi connectivity index (χ1v) is 6.28. The van der Waals surface area contributed by atoms with Crippen molar-refractivity contribution in [3.05, 3.63) is 83.9 Å². The van der Waals surface area contributed by atoms with Crippen LogP contribution in [0, 0.1) is 11.8 Å². The Hall–Kier alpha value is -2.30. The van der Waals surface area contributed by atoms with Gasteiger partial charge in [0.15, 0.2) is 0 Å². The minimum Gasteiger partial charge on any atom is -0.373 e. The summed E-state index contributed by atoms with van der Waals surface area (Å²) < 4.78 is 5.52. The van der Waals surface area contributed by atoms with Crippen LogP contribution in [0.5, 0.6) is 0 Å². The van der Waals surface area contributed by atoms with Crippen LogP contribution in [0.25, 0.3) is 0 Å². The molecule has 0 aliphatic heterocycles. The van der Waals surface area contributed by atoms with Crippen molar-refractivity contribution < 1.29 is 4.74 Å². The molecule has 0 amide bonds. The van der Waals surface area contributed by atoms with Gasteiger partial charge in [-0.3, -0.25) is 0 Å². The highest BCUT2D eigenvalue weighted by Gasteiger charge is 1.88. The zero-order valence-electron chi connectivity index (χ0n) is 10.8. The van der Waals surface area contributed by atoms with Gasteiger partial charge in [0, 0.05) is 5.56 Å². The summed E-state index contributed by atoms with van der Waals surface area (Å²) in [5.74, 6) is 6.05. The van der Waals surface area contributed by atoms with Crippen molar-refractivity contribution in [2.24, 2.45) is 0 Å². The first kappa shape index (κ1) is 13.1. The van der Waals surface area contributed by atoms with Crippen LogP contribution in [-0.2, 0) is 11.3 Å². The zero-order chi connectivity index (χ0) is 13.2. The summed E-state index contributed by atoms with van der Waals surface area (Å²) in [6.45, 7) is 1.22. The van der Waals surface area contributed by atoms with Gasteiger partial charge in [0.25, 0.3) is 0 Å². The summed E-state index contributed by atoms with van der Waals surface area (Å²) in [6.07, 6.45) is 3.76. The first-order valence-electron chi connectivity index (χ1n) is 6.28. The van der Waals surface area contributed by atoms with Gasteiger partial charge in [-0.2, -0.15) is 0 Å². The Balaban J connectivity index is 1.69. The Labute approximate surface area is 114 Å². The summed E-state index contributed by atoms with van der Waals surface area (Å²) in [7, 11) is 0. The van der Waals surface area contributed by atoms with E-state index in [0.29, 0.717) is 13.2 Å². The first-order chi connectivity index (χ1) is 9.45. The normalized spacial score (nSPS) is 10.1. The van der Waals surface area contributed by atoms with Gasteiger partial charge in [-0.05, 0) is 23.8 Å². The van der Waals surface area contributed by atoms with Gasteiger partial charge in [0.2, 0.25) is 0 Å². The molecule has 0 spiro atoms. The number of benzene rings is 2. The highest BCUT2D eigenvalue weighted by molar-refractivity contribution is 5.36. The number of rotatable bonds is 4. The van der Waals surface area contributed by atoms with Crippen molar-refractivity contribution >= 4 is 0 Å². The van der Waals surface area contributed by atoms with E-state index in [1.54, 1.807) is 0 Å². The fourth-order valence-corrected chi connectivity index (χ4v) is 1.57. The van der Waals surface area contributed by atoms with Gasteiger partial charge in [-0.1, -0.05) is 66.4 Å². The number of ether oxygens (including phenoxy) is 1. The number of hydrogen-bond donors (Lipinski definition) is 0. The molecule has 2 aromatic rings. The number of hydrogen-bond acceptors (Lipinski definition) is 1. The van der Waals surface area contributed by atoms with E-state index in [1.165, 1.54) is 5.56 Å². The molecule has 0 saturated carbocycles. The molecule has 94 valence electrons. The second-order valence-electron chi connectivity index (χ2n) is 4.04. The Kier molecular flexibility index (Phi) is 5.48. The van der Waals surface area contributed by atoms with Gasteiger partial charge in [-0.15, -0.1) is 0 Å². The molecule has 0 aliphatic carbocycles. The molecule has 0 fully saturated rings. The molecule has 0 heterocycles. The van der Waals surface area contributed by atoms with Gasteiger partial charge >= 0.3 is 0 Å². The Morgan fingerprint density at radius 3 is 2.32 bits per heavy atom. The topological polar surface area (TPSA) is 9.23 Å². The summed E-state index contributed by atoms with van der Waals surface area (Å²) >= 11 is 0. The van der Waals surface area contributed by atoms with Crippen molar-refractivity contribution in [2.45, 2.75) is 6.61 Å². The highest BCUT2D eigenvalue weighted by Crippen LogP contribution is 2.00. The van der Waals surface area contributed by atoms with E-state index in [4.69, 9.17) is 4.74 Å². The van der Waals surface area contributed by atoms with Crippen LogP contribution in [0.1, 0.15) is 11.1 Å². The van der Waals surface area contributed by atoms with Gasteiger partial charge in [-0.25, -0.2) is 0 Å². The van der Waals surface area contributed by atoms with Crippen molar-refractivity contribution in [3.63, 3.8) is 0 Å². The van der Waals surface area contributed by atoms with E-state index in [1.807, 2.05) is 60.7 Å². The van der Waals surface area contributed by atoms with E-state index < -0.39 is 0 Å². The van der Waals surface area contributed by atoms with E-state index >= 15 is 0 Å². The van der Waals surface area contributed by atoms with Crippen LogP contribution in [0.3, 0.4) is 0 Å². The van der Waals surface area contributed by atoms with Gasteiger partial charge < -0.3 is 4.74 Å². The third-order valence-corrected chi connectivity index (χ3v) is 2.52. The van der Waals surface area contributed by atoms with Crippen LogP contribution in [-0.4, -0.2) is 6.61 Å². The van der Waals surface area contributed by atoms with E-state index in [9.17, 15) is 0 Å². The monoisotopic (exact) mass is 248 g/mol. The van der Waals surface area contributed by atoms with Crippen LogP contribution < -0.4 is 0 Å². The minimum atomic E-state index is 0.582. The molecule has 0 bridgehead atoms. The maximum Gasteiger partial charge on any atom is 0.0721 e. The Morgan fingerprint density at radius 2 is 1.58 bits per heavy atom. The fraction of sp³-hybridized carbons (Fsp3) is 0.111. The Morgan fingerprint density at radius 1 is 0.895 bits per heavy atom. The van der Waals surface area contributed by atoms with E-state index in [0.717, 1.165) is 5.56 Å². The lowest BCUT2D eigenvalue weighted by atomic mass is 10.2. The lowest BCUT2D eigenvalue weighted by Gasteiger charge is -1.99. The molecule has 0 aliphatic rings. The summed E-state index contributed by atoms with van der Waals surface area (Å²) in [5, 5.41) is 0. The molecule has 1 nitrogen and oxygen atoms in total. The number of allylic oxidation sites excluding steroid dienone is 1. The van der Waals surface area contributed by atoms with Crippen LogP contribution in [0.15, 0.2) is 72.8 Å². The molecule has 0 aromatic heterocycles. The zero-order valence-corrected chi connectivity index (χ0v) is 10.8. The maximum absolute atomic E-state index is 5.52. The molecular weight excluding hydrogens is 232 g/mol. The predicted molar refractivity (Wildman–Crippen MR) is 78.6 cm³/mol. The predicted octanol–water partition coefficient (Wildman–Crippen LogP) is 3.81. The second-order valence-corrected chi connectivity index (χ2v) is 4.04. The minimum absolute atomic E-state index is 0.582. The molecule has 0 N–H and O–H groups in total. The molecule has 19 heavy (non-hydrogen) atoms. The van der Waals surface area contributed by atoms with Crippen molar-refractivity contribution in [3.8, 4) is 11.8 Å². The molecule has 0 atom stereocenters. The fourth-order valence-electron chi connectivity index (χ4n) is 1.57. The third kappa shape index (κ3) is 5.25. The summed E-state index contributed by atoms with van der Waals surface area (Å²) in [4.78, 5) is 0. The SMILES string of the molecule is C(#Cc1ccccc1)/C=C\COCc1ccccc1. The molecule has 0 radical (unpaired) electrons. The lowest BCUT2D eigenvalue weighted by molar-refractivity contribution is 0.149. The summed E-state index contributed by atoms with van der Waals surface area (Å²) in [6, 6.07) is 20.1.